The third-order valence-corrected chi connectivity index (χ3v) is 1.25. The molecule has 0 bridgehead atoms. The fourth-order valence-corrected chi connectivity index (χ4v) is 0.662. The summed E-state index contributed by atoms with van der Waals surface area (Å²) >= 11 is 0. The summed E-state index contributed by atoms with van der Waals surface area (Å²) in [5, 5.41) is 0. The number of carbonyl (C=O) groups excluding carboxylic acids is 1. The van der Waals surface area contributed by atoms with Gasteiger partial charge in [-0.2, -0.15) is 0 Å². The van der Waals surface area contributed by atoms with Gasteiger partial charge in [-0.3, -0.25) is 0 Å². The van der Waals surface area contributed by atoms with Crippen LogP contribution in [-0.4, -0.2) is 19.4 Å². The van der Waals surface area contributed by atoms with Crippen LogP contribution in [0.25, 0.3) is 0 Å². The van der Waals surface area contributed by atoms with Crippen molar-refractivity contribution in [3.8, 4) is 23.7 Å². The lowest BCUT2D eigenvalue weighted by atomic mass is 10.4. The Morgan fingerprint density at radius 1 is 1.00 bits per heavy atom. The van der Waals surface area contributed by atoms with E-state index in [0.29, 0.717) is 12.8 Å². The van der Waals surface area contributed by atoms with E-state index in [-0.39, 0.29) is 13.2 Å². The topological polar surface area (TPSA) is 35.5 Å². The van der Waals surface area contributed by atoms with Crippen LogP contribution in [0.2, 0.25) is 0 Å². The van der Waals surface area contributed by atoms with Gasteiger partial charge in [-0.05, 0) is 13.8 Å². The van der Waals surface area contributed by atoms with Crippen molar-refractivity contribution >= 4 is 6.16 Å². The smallest absolute Gasteiger partial charge is 0.433 e. The van der Waals surface area contributed by atoms with E-state index in [2.05, 4.69) is 23.7 Å². The van der Waals surface area contributed by atoms with Crippen molar-refractivity contribution < 1.29 is 14.3 Å². The van der Waals surface area contributed by atoms with E-state index in [0.717, 1.165) is 0 Å². The Hall–Kier alpha value is -1.61. The van der Waals surface area contributed by atoms with E-state index >= 15 is 0 Å². The monoisotopic (exact) mass is 194 g/mol. The highest BCUT2D eigenvalue weighted by Gasteiger charge is 2.00. The van der Waals surface area contributed by atoms with Crippen LogP contribution in [0.1, 0.15) is 26.7 Å². The van der Waals surface area contributed by atoms with Crippen molar-refractivity contribution in [3.05, 3.63) is 0 Å². The molecule has 0 amide bonds. The second-order valence-corrected chi connectivity index (χ2v) is 2.30. The molecule has 0 aromatic heterocycles. The molecule has 0 aliphatic carbocycles. The third-order valence-electron chi connectivity index (χ3n) is 1.25. The maximum Gasteiger partial charge on any atom is 0.508 e. The van der Waals surface area contributed by atoms with Crippen LogP contribution in [0.5, 0.6) is 0 Å². The lowest BCUT2D eigenvalue weighted by molar-refractivity contribution is 0.0585. The van der Waals surface area contributed by atoms with Gasteiger partial charge in [-0.25, -0.2) is 4.79 Å². The molecule has 76 valence electrons. The van der Waals surface area contributed by atoms with Gasteiger partial charge in [-0.1, -0.05) is 0 Å². The molecular formula is C11H14O3. The first-order chi connectivity index (χ1) is 6.81. The van der Waals surface area contributed by atoms with Gasteiger partial charge in [0.2, 0.25) is 0 Å². The summed E-state index contributed by atoms with van der Waals surface area (Å²) in [5.41, 5.74) is 0. The summed E-state index contributed by atoms with van der Waals surface area (Å²) < 4.78 is 9.42. The highest BCUT2D eigenvalue weighted by atomic mass is 16.7. The second kappa shape index (κ2) is 9.48. The molecule has 3 nitrogen and oxygen atoms in total. The molecule has 0 heterocycles. The molecule has 0 aliphatic heterocycles. The first kappa shape index (κ1) is 12.4. The minimum absolute atomic E-state index is 0.277. The largest absolute Gasteiger partial charge is 0.508 e. The molecule has 14 heavy (non-hydrogen) atoms. The molecule has 0 unspecified atom stereocenters. The molecule has 0 atom stereocenters. The van der Waals surface area contributed by atoms with Crippen molar-refractivity contribution in [1.82, 2.24) is 0 Å². The van der Waals surface area contributed by atoms with Crippen molar-refractivity contribution in [3.63, 3.8) is 0 Å². The maximum absolute atomic E-state index is 10.8. The molecule has 0 aromatic rings. The van der Waals surface area contributed by atoms with Gasteiger partial charge in [0.05, 0.1) is 0 Å². The van der Waals surface area contributed by atoms with Crippen LogP contribution in [0.4, 0.5) is 4.79 Å². The highest BCUT2D eigenvalue weighted by molar-refractivity contribution is 5.59. The van der Waals surface area contributed by atoms with Crippen molar-refractivity contribution in [2.24, 2.45) is 0 Å². The van der Waals surface area contributed by atoms with Crippen LogP contribution >= 0.6 is 0 Å². The number of hydrogen-bond donors (Lipinski definition) is 0. The van der Waals surface area contributed by atoms with Crippen LogP contribution in [0.15, 0.2) is 0 Å². The van der Waals surface area contributed by atoms with Gasteiger partial charge in [0.1, 0.15) is 13.2 Å². The van der Waals surface area contributed by atoms with Crippen molar-refractivity contribution in [2.75, 3.05) is 13.2 Å². The van der Waals surface area contributed by atoms with Gasteiger partial charge < -0.3 is 9.47 Å². The number of ether oxygens (including phenoxy) is 2. The zero-order valence-electron chi connectivity index (χ0n) is 8.55. The summed E-state index contributed by atoms with van der Waals surface area (Å²) in [6, 6.07) is 0. The fraction of sp³-hybridized carbons (Fsp3) is 0.545. The lowest BCUT2D eigenvalue weighted by Gasteiger charge is -2.02. The van der Waals surface area contributed by atoms with E-state index in [4.69, 9.17) is 9.47 Å². The average molecular weight is 194 g/mol. The molecule has 0 N–H and O–H groups in total. The number of carbonyl (C=O) groups is 1. The normalized spacial score (nSPS) is 7.57. The molecule has 0 saturated carbocycles. The Morgan fingerprint density at radius 3 is 1.79 bits per heavy atom. The molecule has 3 heteroatoms. The molecule has 0 rings (SSSR count). The summed E-state index contributed by atoms with van der Waals surface area (Å²) in [7, 11) is 0. The third kappa shape index (κ3) is 8.49. The first-order valence-corrected chi connectivity index (χ1v) is 4.40. The minimum atomic E-state index is -0.652. The maximum atomic E-state index is 10.8. The van der Waals surface area contributed by atoms with Gasteiger partial charge in [0.25, 0.3) is 0 Å². The van der Waals surface area contributed by atoms with Gasteiger partial charge in [-0.15, -0.1) is 23.7 Å². The Bertz CT molecular complexity index is 244. The predicted octanol–water partition coefficient (Wildman–Crippen LogP) is 1.97. The van der Waals surface area contributed by atoms with E-state index in [1.807, 2.05) is 0 Å². The van der Waals surface area contributed by atoms with Crippen LogP contribution < -0.4 is 0 Å². The quantitative estimate of drug-likeness (QED) is 0.390. The van der Waals surface area contributed by atoms with Crippen LogP contribution in [0.3, 0.4) is 0 Å². The molecular weight excluding hydrogens is 180 g/mol. The fourth-order valence-electron chi connectivity index (χ4n) is 0.662. The second-order valence-electron chi connectivity index (χ2n) is 2.30. The Morgan fingerprint density at radius 2 is 1.43 bits per heavy atom. The van der Waals surface area contributed by atoms with Crippen LogP contribution in [-0.2, 0) is 9.47 Å². The average Bonchev–Trinajstić information content (AvgIpc) is 2.19. The van der Waals surface area contributed by atoms with E-state index in [1.165, 1.54) is 0 Å². The molecule has 0 aromatic carbocycles. The predicted molar refractivity (Wildman–Crippen MR) is 53.4 cm³/mol. The minimum Gasteiger partial charge on any atom is -0.433 e. The number of rotatable bonds is 4. The van der Waals surface area contributed by atoms with Crippen LogP contribution in [0, 0.1) is 23.7 Å². The van der Waals surface area contributed by atoms with Gasteiger partial charge >= 0.3 is 6.16 Å². The van der Waals surface area contributed by atoms with Crippen molar-refractivity contribution in [1.29, 1.82) is 0 Å². The zero-order valence-corrected chi connectivity index (χ0v) is 8.55. The zero-order chi connectivity index (χ0) is 10.6. The summed E-state index contributed by atoms with van der Waals surface area (Å²) in [6.07, 6.45) is 0.432. The van der Waals surface area contributed by atoms with Gasteiger partial charge in [0, 0.05) is 12.8 Å². The van der Waals surface area contributed by atoms with E-state index in [1.54, 1.807) is 13.8 Å². The molecule has 0 saturated heterocycles. The summed E-state index contributed by atoms with van der Waals surface area (Å²) in [6.45, 7) is 4.03. The Balaban J connectivity index is 3.34. The number of hydrogen-bond acceptors (Lipinski definition) is 3. The molecule has 0 fully saturated rings. The summed E-state index contributed by atoms with van der Waals surface area (Å²) in [5.74, 6) is 11.0. The summed E-state index contributed by atoms with van der Waals surface area (Å²) in [4.78, 5) is 10.8. The molecule has 0 aliphatic rings. The lowest BCUT2D eigenvalue weighted by Crippen LogP contribution is -2.08. The SMILES string of the molecule is CC#CCCOC(=O)OCCC#CC. The molecule has 0 radical (unpaired) electrons. The van der Waals surface area contributed by atoms with E-state index in [9.17, 15) is 4.79 Å². The van der Waals surface area contributed by atoms with Crippen molar-refractivity contribution in [2.45, 2.75) is 26.7 Å². The highest BCUT2D eigenvalue weighted by Crippen LogP contribution is 1.89. The first-order valence-electron chi connectivity index (χ1n) is 4.40. The molecule has 0 spiro atoms. The van der Waals surface area contributed by atoms with Gasteiger partial charge in [0.15, 0.2) is 0 Å². The standard InChI is InChI=1S/C11H14O3/c1-3-5-7-9-13-11(12)14-10-8-6-4-2/h7-10H2,1-2H3. The Labute approximate surface area is 84.8 Å². The Kier molecular flexibility index (Phi) is 8.39. The van der Waals surface area contributed by atoms with E-state index < -0.39 is 6.16 Å².